The van der Waals surface area contributed by atoms with Gasteiger partial charge in [0.05, 0.1) is 19.7 Å². The van der Waals surface area contributed by atoms with Crippen LogP contribution in [0.3, 0.4) is 0 Å². The highest BCUT2D eigenvalue weighted by atomic mass is 32.2. The molecule has 1 heterocycles. The minimum atomic E-state index is -0.805. The molecule has 0 aliphatic carbocycles. The maximum absolute atomic E-state index is 13.2. The number of rotatable bonds is 15. The average Bonchev–Trinajstić information content (AvgIpc) is 3.41. The SMILES string of the molecule is COC(=O)[C@H](CCSC)NC(=O)CN(Cc1cccc2ccccc12)C[C@@H]1CCCN1C(=O)[C@@H](N)CCC(N)=O. The second-order valence-corrected chi connectivity index (χ2v) is 11.2. The van der Waals surface area contributed by atoms with E-state index in [0.29, 0.717) is 31.8 Å². The number of fused-ring (bicyclic) bond motifs is 1. The number of carbonyl (C=O) groups is 4. The van der Waals surface area contributed by atoms with Crippen molar-refractivity contribution in [3.63, 3.8) is 0 Å². The smallest absolute Gasteiger partial charge is 0.328 e. The van der Waals surface area contributed by atoms with Gasteiger partial charge in [0.2, 0.25) is 17.7 Å². The minimum absolute atomic E-state index is 0.0439. The predicted molar refractivity (Wildman–Crippen MR) is 157 cm³/mol. The Morgan fingerprint density at radius 1 is 1.15 bits per heavy atom. The van der Waals surface area contributed by atoms with Crippen LogP contribution in [0.2, 0.25) is 0 Å². The summed E-state index contributed by atoms with van der Waals surface area (Å²) in [7, 11) is 1.31. The Morgan fingerprint density at radius 2 is 1.90 bits per heavy atom. The lowest BCUT2D eigenvalue weighted by atomic mass is 10.0. The zero-order valence-electron chi connectivity index (χ0n) is 23.3. The maximum Gasteiger partial charge on any atom is 0.328 e. The Morgan fingerprint density at radius 3 is 2.62 bits per heavy atom. The zero-order valence-corrected chi connectivity index (χ0v) is 24.2. The quantitative estimate of drug-likeness (QED) is 0.273. The fraction of sp³-hybridized carbons (Fsp3) is 0.517. The minimum Gasteiger partial charge on any atom is -0.467 e. The molecule has 10 nitrogen and oxygen atoms in total. The van der Waals surface area contributed by atoms with Crippen LogP contribution in [0.5, 0.6) is 0 Å². The summed E-state index contributed by atoms with van der Waals surface area (Å²) in [4.78, 5) is 53.7. The van der Waals surface area contributed by atoms with Gasteiger partial charge in [-0.05, 0) is 54.0 Å². The number of hydrogen-bond acceptors (Lipinski definition) is 8. The standard InChI is InChI=1S/C29H41N5O5S/c1-39-29(38)25(14-16-40-2)32-27(36)19-33(17-21-9-5-8-20-7-3-4-11-23(20)21)18-22-10-6-15-34(22)28(37)24(30)12-13-26(31)35/h3-5,7-9,11,22,24-25H,6,10,12-19,30H2,1-2H3,(H2,31,35)(H,32,36)/t22-,24-,25-/m0/s1. The lowest BCUT2D eigenvalue weighted by molar-refractivity contribution is -0.145. The van der Waals surface area contributed by atoms with E-state index in [9.17, 15) is 19.2 Å². The largest absolute Gasteiger partial charge is 0.467 e. The Labute approximate surface area is 240 Å². The Bertz CT molecular complexity index is 1170. The van der Waals surface area contributed by atoms with Crippen LogP contribution >= 0.6 is 11.8 Å². The second-order valence-electron chi connectivity index (χ2n) is 10.2. The van der Waals surface area contributed by atoms with E-state index in [1.165, 1.54) is 7.11 Å². The molecule has 2 aromatic carbocycles. The summed E-state index contributed by atoms with van der Waals surface area (Å²) in [6, 6.07) is 12.5. The summed E-state index contributed by atoms with van der Waals surface area (Å²) in [5, 5.41) is 5.04. The molecule has 1 aliphatic rings. The molecule has 11 heteroatoms. The van der Waals surface area contributed by atoms with Gasteiger partial charge in [-0.15, -0.1) is 0 Å². The van der Waals surface area contributed by atoms with Gasteiger partial charge in [-0.2, -0.15) is 11.8 Å². The van der Waals surface area contributed by atoms with Crippen molar-refractivity contribution < 1.29 is 23.9 Å². The van der Waals surface area contributed by atoms with Crippen LogP contribution in [0.25, 0.3) is 10.8 Å². The number of thioether (sulfide) groups is 1. The number of amides is 3. The van der Waals surface area contributed by atoms with Crippen molar-refractivity contribution in [1.82, 2.24) is 15.1 Å². The van der Waals surface area contributed by atoms with Crippen LogP contribution in [-0.2, 0) is 30.5 Å². The fourth-order valence-electron chi connectivity index (χ4n) is 5.17. The molecular formula is C29H41N5O5S. The van der Waals surface area contributed by atoms with Crippen LogP contribution in [0, 0.1) is 0 Å². The molecule has 0 spiro atoms. The molecule has 3 rings (SSSR count). The third-order valence-corrected chi connectivity index (χ3v) is 7.86. The highest BCUT2D eigenvalue weighted by Crippen LogP contribution is 2.23. The van der Waals surface area contributed by atoms with E-state index in [0.717, 1.165) is 29.2 Å². The first-order valence-electron chi connectivity index (χ1n) is 13.6. The summed E-state index contributed by atoms with van der Waals surface area (Å²) in [6.45, 7) is 1.55. The molecule has 218 valence electrons. The molecule has 1 aliphatic heterocycles. The first-order chi connectivity index (χ1) is 19.2. The predicted octanol–water partition coefficient (Wildman–Crippen LogP) is 1.64. The number of primary amides is 1. The Balaban J connectivity index is 1.79. The summed E-state index contributed by atoms with van der Waals surface area (Å²) >= 11 is 1.59. The average molecular weight is 572 g/mol. The number of nitrogens with two attached hydrogens (primary N) is 2. The lowest BCUT2D eigenvalue weighted by Gasteiger charge is -2.32. The third kappa shape index (κ3) is 8.94. The molecule has 0 radical (unpaired) electrons. The van der Waals surface area contributed by atoms with Gasteiger partial charge in [0.1, 0.15) is 6.04 Å². The van der Waals surface area contributed by atoms with Gasteiger partial charge in [0, 0.05) is 32.1 Å². The van der Waals surface area contributed by atoms with Gasteiger partial charge in [0.25, 0.3) is 0 Å². The van der Waals surface area contributed by atoms with Gasteiger partial charge in [-0.1, -0.05) is 42.5 Å². The first-order valence-corrected chi connectivity index (χ1v) is 15.0. The normalized spacial score (nSPS) is 16.6. The number of esters is 1. The van der Waals surface area contributed by atoms with E-state index >= 15 is 0 Å². The topological polar surface area (TPSA) is 148 Å². The molecule has 5 N–H and O–H groups in total. The molecule has 2 aromatic rings. The van der Waals surface area contributed by atoms with Crippen molar-refractivity contribution >= 4 is 46.2 Å². The van der Waals surface area contributed by atoms with E-state index in [1.807, 2.05) is 47.6 Å². The van der Waals surface area contributed by atoms with E-state index < -0.39 is 24.0 Å². The number of hydrogen-bond donors (Lipinski definition) is 3. The molecule has 0 bridgehead atoms. The zero-order chi connectivity index (χ0) is 29.1. The number of methoxy groups -OCH3 is 1. The first kappa shape index (κ1) is 31.4. The van der Waals surface area contributed by atoms with Crippen LogP contribution in [0.4, 0.5) is 0 Å². The van der Waals surface area contributed by atoms with Crippen LogP contribution in [0.15, 0.2) is 42.5 Å². The molecular weight excluding hydrogens is 530 g/mol. The maximum atomic E-state index is 13.2. The van der Waals surface area contributed by atoms with Crippen molar-refractivity contribution in [1.29, 1.82) is 0 Å². The van der Waals surface area contributed by atoms with Gasteiger partial charge in [0.15, 0.2) is 0 Å². The molecule has 0 unspecified atom stereocenters. The monoisotopic (exact) mass is 571 g/mol. The number of likely N-dealkylation sites (tertiary alicyclic amines) is 1. The van der Waals surface area contributed by atoms with E-state index in [4.69, 9.17) is 16.2 Å². The van der Waals surface area contributed by atoms with Gasteiger partial charge < -0.3 is 26.4 Å². The Hall–Kier alpha value is -3.15. The highest BCUT2D eigenvalue weighted by Gasteiger charge is 2.33. The number of benzene rings is 2. The summed E-state index contributed by atoms with van der Waals surface area (Å²) in [5.74, 6) is -0.752. The van der Waals surface area contributed by atoms with Crippen molar-refractivity contribution in [3.8, 4) is 0 Å². The molecule has 1 saturated heterocycles. The second kappa shape index (κ2) is 15.6. The molecule has 3 atom stereocenters. The van der Waals surface area contributed by atoms with Crippen molar-refractivity contribution in [2.24, 2.45) is 11.5 Å². The summed E-state index contributed by atoms with van der Waals surface area (Å²) < 4.78 is 4.90. The van der Waals surface area contributed by atoms with E-state index in [1.54, 1.807) is 16.7 Å². The van der Waals surface area contributed by atoms with E-state index in [2.05, 4.69) is 11.4 Å². The third-order valence-electron chi connectivity index (χ3n) is 7.22. The number of nitrogens with one attached hydrogen (secondary N) is 1. The highest BCUT2D eigenvalue weighted by molar-refractivity contribution is 7.98. The molecule has 40 heavy (non-hydrogen) atoms. The van der Waals surface area contributed by atoms with Crippen molar-refractivity contribution in [3.05, 3.63) is 48.0 Å². The fourth-order valence-corrected chi connectivity index (χ4v) is 5.65. The number of carbonyl (C=O) groups excluding carboxylic acids is 4. The van der Waals surface area contributed by atoms with Crippen LogP contribution < -0.4 is 16.8 Å². The summed E-state index contributed by atoms with van der Waals surface area (Å²) in [5.41, 5.74) is 12.4. The number of ether oxygens (including phenoxy) is 1. The van der Waals surface area contributed by atoms with Gasteiger partial charge in [-0.3, -0.25) is 19.3 Å². The lowest BCUT2D eigenvalue weighted by Crippen LogP contribution is -2.51. The summed E-state index contributed by atoms with van der Waals surface area (Å²) in [6.07, 6.45) is 4.27. The van der Waals surface area contributed by atoms with Gasteiger partial charge >= 0.3 is 5.97 Å². The number of nitrogens with zero attached hydrogens (tertiary/aromatic N) is 2. The molecule has 0 saturated carbocycles. The van der Waals surface area contributed by atoms with Crippen molar-refractivity contribution in [2.75, 3.05) is 38.8 Å². The van der Waals surface area contributed by atoms with Crippen LogP contribution in [0.1, 0.15) is 37.7 Å². The van der Waals surface area contributed by atoms with Crippen LogP contribution in [-0.4, -0.2) is 90.4 Å². The molecule has 0 aromatic heterocycles. The molecule has 3 amide bonds. The van der Waals surface area contributed by atoms with Gasteiger partial charge in [-0.25, -0.2) is 4.79 Å². The Kier molecular flexibility index (Phi) is 12.2. The van der Waals surface area contributed by atoms with Crippen molar-refractivity contribution in [2.45, 2.75) is 56.8 Å². The molecule has 1 fully saturated rings. The van der Waals surface area contributed by atoms with E-state index in [-0.39, 0.29) is 37.2 Å².